The van der Waals surface area contributed by atoms with Crippen molar-refractivity contribution in [2.75, 3.05) is 0 Å². The lowest BCUT2D eigenvalue weighted by Gasteiger charge is -2.34. The fourth-order valence-corrected chi connectivity index (χ4v) is 19.9. The van der Waals surface area contributed by atoms with Gasteiger partial charge in [0, 0.05) is 65.8 Å². The fourth-order valence-electron chi connectivity index (χ4n) is 15.2. The first-order valence-electron chi connectivity index (χ1n) is 31.5. The summed E-state index contributed by atoms with van der Waals surface area (Å²) in [5.41, 5.74) is 19.3. The van der Waals surface area contributed by atoms with Crippen molar-refractivity contribution in [2.45, 2.75) is 0 Å². The van der Waals surface area contributed by atoms with Gasteiger partial charge in [-0.2, -0.15) is 5.26 Å². The number of nitriles is 1. The van der Waals surface area contributed by atoms with Crippen LogP contribution in [0.3, 0.4) is 0 Å². The molecule has 0 fully saturated rings. The van der Waals surface area contributed by atoms with Crippen LogP contribution >= 0.6 is 0 Å². The molecule has 0 amide bonds. The average molecular weight is 1200 g/mol. The van der Waals surface area contributed by atoms with Crippen LogP contribution < -0.4 is 20.7 Å². The van der Waals surface area contributed by atoms with Crippen LogP contribution in [0.2, 0.25) is 0 Å². The zero-order chi connectivity index (χ0) is 61.7. The molecule has 0 aliphatic rings. The summed E-state index contributed by atoms with van der Waals surface area (Å²) in [4.78, 5) is 3.64. The van der Waals surface area contributed by atoms with Crippen LogP contribution in [0.5, 0.6) is 0 Å². The molecule has 18 aromatic rings. The zero-order valence-corrected chi connectivity index (χ0v) is 51.4. The number of rotatable bonds is 10. The molecule has 0 atom stereocenters. The molecule has 93 heavy (non-hydrogen) atoms. The molecule has 7 heteroatoms. The van der Waals surface area contributed by atoms with Gasteiger partial charge in [0.25, 0.3) is 0 Å². The van der Waals surface area contributed by atoms with Gasteiger partial charge < -0.3 is 18.3 Å². The quantitative estimate of drug-likeness (QED) is 0.0765. The lowest BCUT2D eigenvalue weighted by molar-refractivity contribution is 1.18. The number of nitrogens with zero attached hydrogens (tertiary/aromatic N) is 6. The first-order valence-corrected chi connectivity index (χ1v) is 33.5. The summed E-state index contributed by atoms with van der Waals surface area (Å²) in [5, 5.41) is 24.4. The summed E-state index contributed by atoms with van der Waals surface area (Å²) in [6.45, 7) is 7.53. The van der Waals surface area contributed by atoms with E-state index in [1.165, 1.54) is 63.8 Å². The highest BCUT2D eigenvalue weighted by Crippen LogP contribution is 2.41. The molecule has 0 saturated heterocycles. The molecule has 6 nitrogen and oxygen atoms in total. The number of fused-ring (bicyclic) bond motifs is 12. The first kappa shape index (κ1) is 53.5. The van der Waals surface area contributed by atoms with Gasteiger partial charge in [-0.15, -0.1) is 0 Å². The molecular formula is C86H54N6Si. The maximum atomic E-state index is 9.55. The Kier molecular flexibility index (Phi) is 12.3. The van der Waals surface area contributed by atoms with Crippen molar-refractivity contribution in [2.24, 2.45) is 0 Å². The highest BCUT2D eigenvalue weighted by molar-refractivity contribution is 7.19. The van der Waals surface area contributed by atoms with E-state index in [1.54, 1.807) is 0 Å². The molecule has 18 rings (SSSR count). The highest BCUT2D eigenvalue weighted by atomic mass is 28.3. The Bertz CT molecular complexity index is 5720. The summed E-state index contributed by atoms with van der Waals surface area (Å²) in [6.07, 6.45) is 0. The van der Waals surface area contributed by atoms with Gasteiger partial charge in [-0.3, -0.25) is 0 Å². The molecule has 4 aromatic heterocycles. The second kappa shape index (κ2) is 21.3. The Hall–Kier alpha value is -12.5. The standard InChI is InChI=1S/C86H54N6Si/c1-88-62-34-38-64(39-35-62)90-80-25-13-9-21-72(80)76-53-59(31-49-84(76)90)61-33-51-86-78(55-61)74-23-11-15-27-82(74)92(86)66-42-46-70(47-43-66)93(67-16-4-2-5-17-67,68-18-6-3-7-19-68)69-44-40-65(41-45-69)91-81-26-14-10-22-73(81)77-54-60(32-50-85(77)91)58-30-48-83-75(52-58)71-20-8-12-24-79(71)89(83)63-36-28-57(56-87)29-37-63/h2-55H. The van der Waals surface area contributed by atoms with Gasteiger partial charge in [-0.25, -0.2) is 4.85 Å². The van der Waals surface area contributed by atoms with Crippen molar-refractivity contribution in [3.63, 3.8) is 0 Å². The minimum absolute atomic E-state index is 0.632. The Balaban J connectivity index is 0.725. The van der Waals surface area contributed by atoms with Crippen LogP contribution in [-0.4, -0.2) is 26.3 Å². The average Bonchev–Trinajstić information content (AvgIpc) is 1.75. The van der Waals surface area contributed by atoms with E-state index in [9.17, 15) is 5.26 Å². The van der Waals surface area contributed by atoms with Gasteiger partial charge in [0.05, 0.1) is 62.3 Å². The fraction of sp³-hybridized carbons (Fsp3) is 0. The van der Waals surface area contributed by atoms with Crippen molar-refractivity contribution >= 4 is 122 Å². The SMILES string of the molecule is [C-]#[N+]c1ccc(-n2c3ccccc3c3cc(-c4ccc5c(c4)c4ccccc4n5-c4ccc([Si](c5ccccc5)(c5ccccc5)c5ccc(-n6c7ccccc7c7cc(-c8ccc9c(c8)c8ccccc8n9-c8ccc(C#N)cc8)ccc76)cc5)cc4)ccc32)cc1. The third-order valence-corrected chi connectivity index (χ3v) is 24.2. The molecule has 0 spiro atoms. The van der Waals surface area contributed by atoms with Gasteiger partial charge in [-0.05, 0) is 176 Å². The van der Waals surface area contributed by atoms with E-state index in [2.05, 4.69) is 308 Å². The second-order valence-electron chi connectivity index (χ2n) is 24.2. The van der Waals surface area contributed by atoms with Gasteiger partial charge in [0.1, 0.15) is 0 Å². The predicted octanol–water partition coefficient (Wildman–Crippen LogP) is 19.2. The lowest BCUT2D eigenvalue weighted by Crippen LogP contribution is -2.74. The molecule has 4 heterocycles. The van der Waals surface area contributed by atoms with Gasteiger partial charge >= 0.3 is 0 Å². The molecule has 0 aliphatic heterocycles. The second-order valence-corrected chi connectivity index (χ2v) is 28.0. The Morgan fingerprint density at radius 2 is 0.516 bits per heavy atom. The maximum Gasteiger partial charge on any atom is 0.187 e. The minimum atomic E-state index is -2.98. The van der Waals surface area contributed by atoms with Crippen LogP contribution in [0.1, 0.15) is 5.56 Å². The number of aromatic nitrogens is 4. The number of hydrogen-bond acceptors (Lipinski definition) is 1. The van der Waals surface area contributed by atoms with Crippen molar-refractivity contribution in [1.82, 2.24) is 18.3 Å². The Morgan fingerprint density at radius 3 is 0.817 bits per heavy atom. The first-order chi connectivity index (χ1) is 46.0. The third kappa shape index (κ3) is 8.32. The topological polar surface area (TPSA) is 47.9 Å². The van der Waals surface area contributed by atoms with Crippen LogP contribution in [0, 0.1) is 17.9 Å². The van der Waals surface area contributed by atoms with Crippen LogP contribution in [0.15, 0.2) is 328 Å². The van der Waals surface area contributed by atoms with Crippen molar-refractivity contribution < 1.29 is 0 Å². The lowest BCUT2D eigenvalue weighted by atomic mass is 10.0. The third-order valence-electron chi connectivity index (χ3n) is 19.4. The van der Waals surface area contributed by atoms with E-state index >= 15 is 0 Å². The Morgan fingerprint density at radius 1 is 0.258 bits per heavy atom. The normalized spacial score (nSPS) is 11.8. The number of benzene rings is 14. The molecule has 432 valence electrons. The van der Waals surface area contributed by atoms with E-state index in [0.29, 0.717) is 11.3 Å². The van der Waals surface area contributed by atoms with Crippen LogP contribution in [-0.2, 0) is 0 Å². The predicted molar refractivity (Wildman–Crippen MR) is 389 cm³/mol. The van der Waals surface area contributed by atoms with Crippen molar-refractivity contribution in [3.8, 4) is 51.1 Å². The van der Waals surface area contributed by atoms with Gasteiger partial charge in [0.2, 0.25) is 0 Å². The molecular weight excluding hydrogens is 1150 g/mol. The van der Waals surface area contributed by atoms with Gasteiger partial charge in [0.15, 0.2) is 13.8 Å². The summed E-state index contributed by atoms with van der Waals surface area (Å²) in [7, 11) is -2.98. The van der Waals surface area contributed by atoms with Crippen molar-refractivity contribution in [3.05, 3.63) is 345 Å². The van der Waals surface area contributed by atoms with E-state index in [4.69, 9.17) is 6.57 Å². The minimum Gasteiger partial charge on any atom is -0.309 e. The van der Waals surface area contributed by atoms with Crippen LogP contribution in [0.4, 0.5) is 5.69 Å². The molecule has 0 radical (unpaired) electrons. The molecule has 0 aliphatic carbocycles. The number of hydrogen-bond donors (Lipinski definition) is 0. The molecule has 0 bridgehead atoms. The summed E-state index contributed by atoms with van der Waals surface area (Å²) >= 11 is 0. The summed E-state index contributed by atoms with van der Waals surface area (Å²) < 4.78 is 9.47. The largest absolute Gasteiger partial charge is 0.309 e. The molecule has 0 unspecified atom stereocenters. The summed E-state index contributed by atoms with van der Waals surface area (Å²) in [5.74, 6) is 0. The summed E-state index contributed by atoms with van der Waals surface area (Å²) in [6, 6.07) is 122. The highest BCUT2D eigenvalue weighted by Gasteiger charge is 2.41. The zero-order valence-electron chi connectivity index (χ0n) is 50.4. The van der Waals surface area contributed by atoms with Crippen molar-refractivity contribution in [1.29, 1.82) is 5.26 Å². The molecule has 0 N–H and O–H groups in total. The van der Waals surface area contributed by atoms with Crippen LogP contribution in [0.25, 0.3) is 137 Å². The van der Waals surface area contributed by atoms with E-state index in [1.807, 2.05) is 48.5 Å². The monoisotopic (exact) mass is 1200 g/mol. The number of para-hydroxylation sites is 4. The molecule has 0 saturated carbocycles. The maximum absolute atomic E-state index is 9.55. The smallest absolute Gasteiger partial charge is 0.187 e. The van der Waals surface area contributed by atoms with E-state index in [0.717, 1.165) is 89.1 Å². The van der Waals surface area contributed by atoms with Gasteiger partial charge in [-0.1, -0.05) is 194 Å². The molecule has 14 aromatic carbocycles. The van der Waals surface area contributed by atoms with E-state index < -0.39 is 8.07 Å². The Labute approximate surface area is 537 Å². The van der Waals surface area contributed by atoms with E-state index in [-0.39, 0.29) is 0 Å².